The fourth-order valence-electron chi connectivity index (χ4n) is 8.54. The van der Waals surface area contributed by atoms with Gasteiger partial charge in [0.2, 0.25) is 0 Å². The summed E-state index contributed by atoms with van der Waals surface area (Å²) in [5.74, 6) is 0.922. The van der Waals surface area contributed by atoms with E-state index in [1.807, 2.05) is 31.3 Å². The molecule has 0 aliphatic rings. The predicted molar refractivity (Wildman–Crippen MR) is 259 cm³/mol. The molecule has 5 heteroatoms. The summed E-state index contributed by atoms with van der Waals surface area (Å²) in [6.07, 6.45) is 1.90. The molecule has 2 aromatic heterocycles. The van der Waals surface area contributed by atoms with E-state index in [0.29, 0.717) is 11.4 Å². The Labute approximate surface area is 386 Å². The molecule has 0 bridgehead atoms. The molecule has 9 aromatic rings. The van der Waals surface area contributed by atoms with Crippen LogP contribution >= 0.6 is 0 Å². The van der Waals surface area contributed by atoms with E-state index in [4.69, 9.17) is 9.97 Å². The van der Waals surface area contributed by atoms with Gasteiger partial charge in [0.15, 0.2) is 0 Å². The van der Waals surface area contributed by atoms with Gasteiger partial charge in [-0.15, -0.1) is 29.3 Å². The number of aryl methyl sites for hydroxylation is 2. The number of aromatic hydroxyl groups is 1. The normalized spacial score (nSPS) is 11.7. The molecule has 0 fully saturated rings. The minimum absolute atomic E-state index is 0. The van der Waals surface area contributed by atoms with Crippen LogP contribution in [0.25, 0.3) is 83.9 Å². The van der Waals surface area contributed by atoms with Gasteiger partial charge in [0.05, 0.1) is 22.3 Å². The van der Waals surface area contributed by atoms with E-state index in [2.05, 4.69) is 199 Å². The molecule has 0 spiro atoms. The van der Waals surface area contributed by atoms with Crippen LogP contribution in [0.4, 0.5) is 0 Å². The number of benzene rings is 7. The summed E-state index contributed by atoms with van der Waals surface area (Å²) < 4.78 is 2.25. The van der Waals surface area contributed by atoms with Crippen LogP contribution in [0.2, 0.25) is 0 Å². The van der Waals surface area contributed by atoms with E-state index in [1.165, 1.54) is 27.8 Å². The number of para-hydroxylation sites is 1. The molecule has 0 radical (unpaired) electrons. The Morgan fingerprint density at radius 3 is 1.78 bits per heavy atom. The van der Waals surface area contributed by atoms with Crippen molar-refractivity contribution in [3.63, 3.8) is 0 Å². The quantitative estimate of drug-likeness (QED) is 0.162. The van der Waals surface area contributed by atoms with E-state index in [9.17, 15) is 5.11 Å². The average Bonchev–Trinajstić information content (AvgIpc) is 3.67. The minimum atomic E-state index is -0.217. The first-order valence-corrected chi connectivity index (χ1v) is 21.5. The van der Waals surface area contributed by atoms with E-state index in [1.54, 1.807) is 0 Å². The Bertz CT molecular complexity index is 3100. The summed E-state index contributed by atoms with van der Waals surface area (Å²) in [5.41, 5.74) is 18.0. The average molecular weight is 1000 g/mol. The number of rotatable bonds is 7. The van der Waals surface area contributed by atoms with Crippen molar-refractivity contribution in [1.82, 2.24) is 14.5 Å². The molecule has 0 aliphatic heterocycles. The van der Waals surface area contributed by atoms with Crippen LogP contribution in [0.3, 0.4) is 0 Å². The largest absolute Gasteiger partial charge is 0.507 e. The van der Waals surface area contributed by atoms with Crippen molar-refractivity contribution in [3.05, 3.63) is 192 Å². The standard InChI is InChI=1S/C58H52N3O.Pt/c1-37-30-38(2)55(62)49(31-37)56-60-54-48(20-15-21-53(54)61(56)52-27-26-43(35-50(52)58(6,7)8)40-18-13-10-14-19-40)45-32-46(34-47(33-45)57(3,4)5)51-36-44(28-29-59-51)42-24-22-41(23-25-42)39-16-11-9-12-17-39;/h9-31,33-36,62H,1-8H3;/q-1;. The molecule has 1 N–H and O–H groups in total. The number of pyridine rings is 1. The topological polar surface area (TPSA) is 50.9 Å². The molecule has 7 aromatic carbocycles. The van der Waals surface area contributed by atoms with Gasteiger partial charge in [0.25, 0.3) is 0 Å². The monoisotopic (exact) mass is 1000 g/mol. The molecule has 0 aliphatic carbocycles. The third-order valence-corrected chi connectivity index (χ3v) is 11.9. The molecule has 2 heterocycles. The van der Waals surface area contributed by atoms with Gasteiger partial charge in [-0.2, -0.15) is 0 Å². The van der Waals surface area contributed by atoms with Gasteiger partial charge in [0.1, 0.15) is 11.6 Å². The number of hydrogen-bond donors (Lipinski definition) is 1. The maximum absolute atomic E-state index is 11.8. The first-order valence-electron chi connectivity index (χ1n) is 21.5. The van der Waals surface area contributed by atoms with Crippen molar-refractivity contribution in [1.29, 1.82) is 0 Å². The Morgan fingerprint density at radius 2 is 1.13 bits per heavy atom. The van der Waals surface area contributed by atoms with Crippen molar-refractivity contribution in [2.75, 3.05) is 0 Å². The Morgan fingerprint density at radius 1 is 0.540 bits per heavy atom. The summed E-state index contributed by atoms with van der Waals surface area (Å²) in [5, 5.41) is 11.8. The molecule has 0 unspecified atom stereocenters. The van der Waals surface area contributed by atoms with Crippen molar-refractivity contribution >= 4 is 11.0 Å². The minimum Gasteiger partial charge on any atom is -0.507 e. The second-order valence-electron chi connectivity index (χ2n) is 18.6. The van der Waals surface area contributed by atoms with Crippen molar-refractivity contribution < 1.29 is 26.2 Å². The van der Waals surface area contributed by atoms with E-state index < -0.39 is 0 Å². The number of fused-ring (bicyclic) bond motifs is 1. The van der Waals surface area contributed by atoms with Crippen molar-refractivity contribution in [3.8, 4) is 78.6 Å². The number of phenols is 1. The van der Waals surface area contributed by atoms with E-state index >= 15 is 0 Å². The molecule has 4 nitrogen and oxygen atoms in total. The van der Waals surface area contributed by atoms with Gasteiger partial charge >= 0.3 is 0 Å². The number of hydrogen-bond acceptors (Lipinski definition) is 3. The van der Waals surface area contributed by atoms with Gasteiger partial charge in [-0.05, 0) is 105 Å². The molecule has 0 saturated heterocycles. The first kappa shape index (κ1) is 43.3. The third kappa shape index (κ3) is 8.58. The number of nitrogens with zero attached hydrogens (tertiary/aromatic N) is 3. The van der Waals surface area contributed by atoms with Crippen LogP contribution in [0.1, 0.15) is 63.8 Å². The zero-order valence-electron chi connectivity index (χ0n) is 37.2. The molecule has 0 amide bonds. The van der Waals surface area contributed by atoms with Gasteiger partial charge in [-0.1, -0.05) is 168 Å². The second kappa shape index (κ2) is 17.1. The fraction of sp³-hybridized carbons (Fsp3) is 0.172. The summed E-state index contributed by atoms with van der Waals surface area (Å²) in [4.78, 5) is 10.5. The summed E-state index contributed by atoms with van der Waals surface area (Å²) in [6.45, 7) is 17.5. The van der Waals surface area contributed by atoms with Crippen molar-refractivity contribution in [2.45, 2.75) is 66.2 Å². The molecule has 0 atom stereocenters. The number of aromatic nitrogens is 3. The summed E-state index contributed by atoms with van der Waals surface area (Å²) >= 11 is 0. The second-order valence-corrected chi connectivity index (χ2v) is 18.6. The van der Waals surface area contributed by atoms with Crippen LogP contribution in [0, 0.1) is 19.9 Å². The maximum Gasteiger partial charge on any atom is 0.148 e. The van der Waals surface area contributed by atoms with Crippen LogP contribution in [-0.4, -0.2) is 19.6 Å². The Hall–Kier alpha value is -6.35. The number of imidazole rings is 1. The van der Waals surface area contributed by atoms with Crippen LogP contribution in [0.15, 0.2) is 164 Å². The summed E-state index contributed by atoms with van der Waals surface area (Å²) in [6, 6.07) is 59.5. The zero-order chi connectivity index (χ0) is 43.3. The zero-order valence-corrected chi connectivity index (χ0v) is 39.5. The van der Waals surface area contributed by atoms with Crippen molar-refractivity contribution in [2.24, 2.45) is 0 Å². The SMILES string of the molecule is Cc1cc(C)c(O)c(-c2nc3c(-c4[c-]c(-c5cc(-c6ccc(-c7ccccc7)cc6)ccn5)cc(C(C)(C)C)c4)cccc3n2-c2ccc(-c3ccccc3)cc2C(C)(C)C)c1.[Pt]. The number of phenolic OH excluding ortho intramolecular Hbond substituents is 1. The van der Waals surface area contributed by atoms with Crippen LogP contribution in [0.5, 0.6) is 5.75 Å². The molecule has 9 rings (SSSR count). The molecular formula is C58H52N3OPt-. The molecule has 316 valence electrons. The van der Waals surface area contributed by atoms with Crippen LogP contribution in [-0.2, 0) is 31.9 Å². The van der Waals surface area contributed by atoms with Gasteiger partial charge in [-0.3, -0.25) is 9.55 Å². The van der Waals surface area contributed by atoms with Gasteiger partial charge in [0, 0.05) is 33.0 Å². The Balaban J connectivity index is 0.00000544. The summed E-state index contributed by atoms with van der Waals surface area (Å²) in [7, 11) is 0. The van der Waals surface area contributed by atoms with E-state index in [0.717, 1.165) is 66.9 Å². The molecule has 63 heavy (non-hydrogen) atoms. The fourth-order valence-corrected chi connectivity index (χ4v) is 8.54. The molecule has 0 saturated carbocycles. The predicted octanol–water partition coefficient (Wildman–Crippen LogP) is 15.1. The van der Waals surface area contributed by atoms with Crippen LogP contribution < -0.4 is 0 Å². The van der Waals surface area contributed by atoms with E-state index in [-0.39, 0.29) is 37.6 Å². The first-order chi connectivity index (χ1) is 29.7. The van der Waals surface area contributed by atoms with Gasteiger partial charge in [-0.25, -0.2) is 4.98 Å². The smallest absolute Gasteiger partial charge is 0.148 e. The molecular weight excluding hydrogens is 950 g/mol. The maximum atomic E-state index is 11.8. The van der Waals surface area contributed by atoms with Gasteiger partial charge < -0.3 is 5.11 Å². The third-order valence-electron chi connectivity index (χ3n) is 11.9. The Kier molecular flexibility index (Phi) is 11.7.